The highest BCUT2D eigenvalue weighted by Crippen LogP contribution is 2.22. The van der Waals surface area contributed by atoms with Crippen molar-refractivity contribution in [1.29, 1.82) is 0 Å². The molecule has 0 saturated carbocycles. The quantitative estimate of drug-likeness (QED) is 0.910. The Hall–Kier alpha value is -1.87. The Kier molecular flexibility index (Phi) is 4.51. The molecular formula is C18H23N3. The first-order chi connectivity index (χ1) is 10.3. The van der Waals surface area contributed by atoms with E-state index in [1.54, 1.807) is 0 Å². The zero-order valence-electron chi connectivity index (χ0n) is 12.7. The predicted octanol–water partition coefficient (Wildman–Crippen LogP) is 3.43. The second-order valence-corrected chi connectivity index (χ2v) is 5.84. The van der Waals surface area contributed by atoms with Crippen LogP contribution in [0, 0.1) is 0 Å². The van der Waals surface area contributed by atoms with Crippen molar-refractivity contribution in [3.63, 3.8) is 0 Å². The lowest BCUT2D eigenvalue weighted by atomic mass is 9.96. The van der Waals surface area contributed by atoms with Gasteiger partial charge in [-0.3, -0.25) is 10.00 Å². The first kappa shape index (κ1) is 14.1. The predicted molar refractivity (Wildman–Crippen MR) is 87.0 cm³/mol. The van der Waals surface area contributed by atoms with E-state index < -0.39 is 0 Å². The second kappa shape index (κ2) is 6.72. The van der Waals surface area contributed by atoms with Crippen LogP contribution in [0.1, 0.15) is 35.4 Å². The van der Waals surface area contributed by atoms with Gasteiger partial charge in [0.15, 0.2) is 0 Å². The summed E-state index contributed by atoms with van der Waals surface area (Å²) in [6.07, 6.45) is 9.35. The fraction of sp³-hybridized carbons (Fsp3) is 0.389. The maximum absolute atomic E-state index is 4.51. The average molecular weight is 281 g/mol. The van der Waals surface area contributed by atoms with E-state index in [2.05, 4.69) is 58.6 Å². The van der Waals surface area contributed by atoms with Crippen LogP contribution in [0.15, 0.2) is 36.4 Å². The second-order valence-electron chi connectivity index (χ2n) is 5.84. The minimum absolute atomic E-state index is 0.922. The van der Waals surface area contributed by atoms with Gasteiger partial charge in [0.1, 0.15) is 0 Å². The van der Waals surface area contributed by atoms with Crippen LogP contribution in [0.5, 0.6) is 0 Å². The number of hydrogen-bond donors (Lipinski definition) is 1. The Morgan fingerprint density at radius 2 is 2.00 bits per heavy atom. The van der Waals surface area contributed by atoms with Gasteiger partial charge < -0.3 is 0 Å². The van der Waals surface area contributed by atoms with Crippen molar-refractivity contribution >= 4 is 6.08 Å². The summed E-state index contributed by atoms with van der Waals surface area (Å²) in [6, 6.07) is 10.4. The van der Waals surface area contributed by atoms with Crippen molar-refractivity contribution in [3.8, 4) is 0 Å². The molecule has 21 heavy (non-hydrogen) atoms. The number of rotatable bonds is 5. The van der Waals surface area contributed by atoms with E-state index in [0.717, 1.165) is 13.1 Å². The standard InChI is InChI=1S/C18H23N3/c1-21(13-7-10-15-8-3-2-4-9-15)14-18-16-11-5-6-12-17(16)19-20-18/h2-4,7-10H,5-6,11-14H2,1H3,(H,19,20). The minimum atomic E-state index is 0.922. The first-order valence-corrected chi connectivity index (χ1v) is 7.78. The van der Waals surface area contributed by atoms with Gasteiger partial charge in [0, 0.05) is 18.8 Å². The van der Waals surface area contributed by atoms with E-state index in [-0.39, 0.29) is 0 Å². The van der Waals surface area contributed by atoms with E-state index in [4.69, 9.17) is 0 Å². The summed E-state index contributed by atoms with van der Waals surface area (Å²) in [6.45, 7) is 1.86. The SMILES string of the molecule is CN(CC=Cc1ccccc1)Cc1n[nH]c2c1CCCC2. The fourth-order valence-corrected chi connectivity index (χ4v) is 2.93. The van der Waals surface area contributed by atoms with Crippen LogP contribution < -0.4 is 0 Å². The maximum atomic E-state index is 4.51. The molecule has 2 aromatic rings. The third-order valence-corrected chi connectivity index (χ3v) is 4.09. The number of benzene rings is 1. The number of aromatic nitrogens is 2. The minimum Gasteiger partial charge on any atom is -0.297 e. The van der Waals surface area contributed by atoms with Crippen molar-refractivity contribution in [3.05, 3.63) is 58.9 Å². The molecule has 0 aliphatic heterocycles. The molecule has 0 fully saturated rings. The van der Waals surface area contributed by atoms with Crippen LogP contribution in [-0.4, -0.2) is 28.7 Å². The molecular weight excluding hydrogens is 258 g/mol. The van der Waals surface area contributed by atoms with Crippen LogP contribution >= 0.6 is 0 Å². The summed E-state index contributed by atoms with van der Waals surface area (Å²) in [5.41, 5.74) is 5.33. The molecule has 3 nitrogen and oxygen atoms in total. The molecule has 1 aromatic carbocycles. The van der Waals surface area contributed by atoms with Crippen molar-refractivity contribution in [2.75, 3.05) is 13.6 Å². The maximum Gasteiger partial charge on any atom is 0.0797 e. The van der Waals surface area contributed by atoms with Crippen LogP contribution in [-0.2, 0) is 19.4 Å². The third kappa shape index (κ3) is 3.61. The van der Waals surface area contributed by atoms with E-state index >= 15 is 0 Å². The van der Waals surface area contributed by atoms with Gasteiger partial charge in [0.25, 0.3) is 0 Å². The van der Waals surface area contributed by atoms with Crippen LogP contribution in [0.3, 0.4) is 0 Å². The van der Waals surface area contributed by atoms with Gasteiger partial charge >= 0.3 is 0 Å². The summed E-state index contributed by atoms with van der Waals surface area (Å²) in [5.74, 6) is 0. The number of nitrogens with one attached hydrogen (secondary N) is 1. The summed E-state index contributed by atoms with van der Waals surface area (Å²) in [4.78, 5) is 2.31. The highest BCUT2D eigenvalue weighted by Gasteiger charge is 2.17. The Balaban J connectivity index is 1.56. The van der Waals surface area contributed by atoms with Crippen molar-refractivity contribution in [2.24, 2.45) is 0 Å². The molecule has 0 saturated heterocycles. The van der Waals surface area contributed by atoms with Gasteiger partial charge in [-0.25, -0.2) is 0 Å². The third-order valence-electron chi connectivity index (χ3n) is 4.09. The molecule has 3 heteroatoms. The average Bonchev–Trinajstić information content (AvgIpc) is 2.92. The van der Waals surface area contributed by atoms with Gasteiger partial charge in [-0.1, -0.05) is 42.5 Å². The monoisotopic (exact) mass is 281 g/mol. The normalized spacial score (nSPS) is 14.8. The number of hydrogen-bond acceptors (Lipinski definition) is 2. The molecule has 110 valence electrons. The molecule has 0 amide bonds. The summed E-state index contributed by atoms with van der Waals surface area (Å²) in [5, 5.41) is 7.73. The van der Waals surface area contributed by atoms with Crippen LogP contribution in [0.25, 0.3) is 6.08 Å². The van der Waals surface area contributed by atoms with Gasteiger partial charge in [0.2, 0.25) is 0 Å². The van der Waals surface area contributed by atoms with Crippen LogP contribution in [0.2, 0.25) is 0 Å². The summed E-state index contributed by atoms with van der Waals surface area (Å²) < 4.78 is 0. The van der Waals surface area contributed by atoms with E-state index in [0.29, 0.717) is 0 Å². The number of fused-ring (bicyclic) bond motifs is 1. The van der Waals surface area contributed by atoms with E-state index in [9.17, 15) is 0 Å². The largest absolute Gasteiger partial charge is 0.297 e. The highest BCUT2D eigenvalue weighted by molar-refractivity contribution is 5.48. The van der Waals surface area contributed by atoms with E-state index in [1.165, 1.54) is 48.2 Å². The van der Waals surface area contributed by atoms with Gasteiger partial charge in [-0.2, -0.15) is 5.10 Å². The lowest BCUT2D eigenvalue weighted by Gasteiger charge is -2.16. The summed E-state index contributed by atoms with van der Waals surface area (Å²) >= 11 is 0. The topological polar surface area (TPSA) is 31.9 Å². The molecule has 0 atom stereocenters. The molecule has 0 radical (unpaired) electrons. The fourth-order valence-electron chi connectivity index (χ4n) is 2.93. The molecule has 0 spiro atoms. The Morgan fingerprint density at radius 1 is 1.19 bits per heavy atom. The smallest absolute Gasteiger partial charge is 0.0797 e. The molecule has 3 rings (SSSR count). The number of nitrogens with zero attached hydrogens (tertiary/aromatic N) is 2. The zero-order chi connectivity index (χ0) is 14.5. The lowest BCUT2D eigenvalue weighted by molar-refractivity contribution is 0.357. The molecule has 1 aromatic heterocycles. The molecule has 1 aliphatic rings. The van der Waals surface area contributed by atoms with Gasteiger partial charge in [0.05, 0.1) is 5.69 Å². The molecule has 1 heterocycles. The first-order valence-electron chi connectivity index (χ1n) is 7.78. The highest BCUT2D eigenvalue weighted by atomic mass is 15.2. The van der Waals surface area contributed by atoms with E-state index in [1.807, 2.05) is 6.07 Å². The zero-order valence-corrected chi connectivity index (χ0v) is 12.7. The number of aromatic amines is 1. The van der Waals surface area contributed by atoms with Gasteiger partial charge in [-0.15, -0.1) is 0 Å². The van der Waals surface area contributed by atoms with Crippen molar-refractivity contribution in [1.82, 2.24) is 15.1 Å². The molecule has 1 N–H and O–H groups in total. The number of aryl methyl sites for hydroxylation is 1. The lowest BCUT2D eigenvalue weighted by Crippen LogP contribution is -2.19. The summed E-state index contributed by atoms with van der Waals surface area (Å²) in [7, 11) is 2.15. The molecule has 1 aliphatic carbocycles. The number of likely N-dealkylation sites (N-methyl/N-ethyl adjacent to an activating group) is 1. The molecule has 0 bridgehead atoms. The number of H-pyrrole nitrogens is 1. The Labute approximate surface area is 126 Å². The Morgan fingerprint density at radius 3 is 2.86 bits per heavy atom. The van der Waals surface area contributed by atoms with Crippen LogP contribution in [0.4, 0.5) is 0 Å². The van der Waals surface area contributed by atoms with Gasteiger partial charge in [-0.05, 0) is 43.9 Å². The van der Waals surface area contributed by atoms with Crippen molar-refractivity contribution < 1.29 is 0 Å². The van der Waals surface area contributed by atoms with Crippen molar-refractivity contribution in [2.45, 2.75) is 32.2 Å². The molecule has 0 unspecified atom stereocenters. The Bertz CT molecular complexity index is 598.